The van der Waals surface area contributed by atoms with Crippen LogP contribution in [0, 0.1) is 23.1 Å². The van der Waals surface area contributed by atoms with E-state index in [1.807, 2.05) is 0 Å². The predicted octanol–water partition coefficient (Wildman–Crippen LogP) is 3.48. The van der Waals surface area contributed by atoms with Gasteiger partial charge in [0.1, 0.15) is 5.82 Å². The molecule has 1 heterocycles. The van der Waals surface area contributed by atoms with Crippen LogP contribution in [0.25, 0.3) is 0 Å². The van der Waals surface area contributed by atoms with Crippen molar-refractivity contribution in [3.63, 3.8) is 0 Å². The third-order valence-corrected chi connectivity index (χ3v) is 3.30. The first-order valence-corrected chi connectivity index (χ1v) is 5.93. The van der Waals surface area contributed by atoms with Crippen molar-refractivity contribution in [2.75, 3.05) is 18.0 Å². The Morgan fingerprint density at radius 2 is 2.05 bits per heavy atom. The molecule has 1 aliphatic rings. The van der Waals surface area contributed by atoms with Crippen LogP contribution in [0.5, 0.6) is 0 Å². The van der Waals surface area contributed by atoms with Crippen LogP contribution < -0.4 is 4.90 Å². The van der Waals surface area contributed by atoms with E-state index in [-0.39, 0.29) is 24.2 Å². The molecule has 0 aromatic heterocycles. The molecule has 0 amide bonds. The summed E-state index contributed by atoms with van der Waals surface area (Å²) in [7, 11) is 0. The fourth-order valence-electron chi connectivity index (χ4n) is 2.30. The minimum atomic E-state index is -4.25. The number of nitrogens with zero attached hydrogens (tertiary/aromatic N) is 2. The van der Waals surface area contributed by atoms with Gasteiger partial charge in [-0.25, -0.2) is 4.39 Å². The summed E-state index contributed by atoms with van der Waals surface area (Å²) in [5.74, 6) is -2.07. The summed E-state index contributed by atoms with van der Waals surface area (Å²) >= 11 is 0. The first-order valence-electron chi connectivity index (χ1n) is 5.93. The molecule has 6 heteroatoms. The molecule has 1 aliphatic heterocycles. The van der Waals surface area contributed by atoms with Crippen molar-refractivity contribution < 1.29 is 17.6 Å². The zero-order valence-electron chi connectivity index (χ0n) is 10.0. The molecule has 0 radical (unpaired) electrons. The van der Waals surface area contributed by atoms with E-state index in [2.05, 4.69) is 0 Å². The highest BCUT2D eigenvalue weighted by Gasteiger charge is 2.42. The van der Waals surface area contributed by atoms with E-state index in [1.165, 1.54) is 17.0 Å². The summed E-state index contributed by atoms with van der Waals surface area (Å²) in [6, 6.07) is 5.62. The molecule has 2 nitrogen and oxygen atoms in total. The molecular weight excluding hydrogens is 260 g/mol. The molecule has 19 heavy (non-hydrogen) atoms. The number of halogens is 4. The number of nitriles is 1. The highest BCUT2D eigenvalue weighted by Crippen LogP contribution is 2.35. The number of hydrogen-bond acceptors (Lipinski definition) is 2. The minimum Gasteiger partial charge on any atom is -0.369 e. The van der Waals surface area contributed by atoms with Crippen LogP contribution in [0.15, 0.2) is 18.2 Å². The molecule has 0 saturated carbocycles. The lowest BCUT2D eigenvalue weighted by Gasteiger charge is -2.35. The third kappa shape index (κ3) is 2.98. The second kappa shape index (κ2) is 5.08. The molecule has 102 valence electrons. The summed E-state index contributed by atoms with van der Waals surface area (Å²) in [5, 5.41) is 8.63. The van der Waals surface area contributed by atoms with Crippen molar-refractivity contribution >= 4 is 5.69 Å². The van der Waals surface area contributed by atoms with E-state index in [0.717, 1.165) is 6.07 Å². The number of benzene rings is 1. The highest BCUT2D eigenvalue weighted by molar-refractivity contribution is 5.51. The Labute approximate surface area is 108 Å². The summed E-state index contributed by atoms with van der Waals surface area (Å²) in [6.45, 7) is 0.168. The molecule has 1 aromatic carbocycles. The molecule has 0 spiro atoms. The highest BCUT2D eigenvalue weighted by atomic mass is 19.4. The van der Waals surface area contributed by atoms with Gasteiger partial charge in [-0.1, -0.05) is 0 Å². The Kier molecular flexibility index (Phi) is 3.65. The van der Waals surface area contributed by atoms with Gasteiger partial charge in [0.25, 0.3) is 0 Å². The Bertz CT molecular complexity index is 504. The average Bonchev–Trinajstić information content (AvgIpc) is 2.37. The quantitative estimate of drug-likeness (QED) is 0.732. The van der Waals surface area contributed by atoms with Crippen LogP contribution >= 0.6 is 0 Å². The average molecular weight is 272 g/mol. The molecule has 1 aromatic rings. The van der Waals surface area contributed by atoms with E-state index in [9.17, 15) is 17.6 Å². The van der Waals surface area contributed by atoms with Gasteiger partial charge in [-0.3, -0.25) is 0 Å². The first-order chi connectivity index (χ1) is 8.91. The molecular formula is C13H12F4N2. The van der Waals surface area contributed by atoms with Gasteiger partial charge in [0.2, 0.25) is 0 Å². The summed E-state index contributed by atoms with van der Waals surface area (Å²) < 4.78 is 51.8. The molecule has 0 bridgehead atoms. The summed E-state index contributed by atoms with van der Waals surface area (Å²) in [5.41, 5.74) is 0.290. The van der Waals surface area contributed by atoms with Gasteiger partial charge in [-0.15, -0.1) is 0 Å². The third-order valence-electron chi connectivity index (χ3n) is 3.30. The Morgan fingerprint density at radius 1 is 1.32 bits per heavy atom. The van der Waals surface area contributed by atoms with Crippen molar-refractivity contribution in [2.45, 2.75) is 19.0 Å². The van der Waals surface area contributed by atoms with Gasteiger partial charge in [0, 0.05) is 13.1 Å². The second-order valence-corrected chi connectivity index (χ2v) is 4.60. The maximum absolute atomic E-state index is 13.8. The lowest BCUT2D eigenvalue weighted by Crippen LogP contribution is -2.42. The maximum atomic E-state index is 13.8. The monoisotopic (exact) mass is 272 g/mol. The van der Waals surface area contributed by atoms with Crippen LogP contribution in [-0.4, -0.2) is 19.3 Å². The SMILES string of the molecule is N#Cc1ccc(N2CCCC(C(F)(F)F)C2)c(F)c1. The lowest BCUT2D eigenvalue weighted by molar-refractivity contribution is -0.176. The molecule has 0 N–H and O–H groups in total. The molecule has 1 atom stereocenters. The second-order valence-electron chi connectivity index (χ2n) is 4.60. The Morgan fingerprint density at radius 3 is 2.63 bits per heavy atom. The number of hydrogen-bond donors (Lipinski definition) is 0. The van der Waals surface area contributed by atoms with Crippen molar-refractivity contribution in [1.82, 2.24) is 0 Å². The van der Waals surface area contributed by atoms with E-state index in [0.29, 0.717) is 13.0 Å². The van der Waals surface area contributed by atoms with Crippen LogP contribution in [-0.2, 0) is 0 Å². The zero-order chi connectivity index (χ0) is 14.0. The molecule has 2 rings (SSSR count). The first kappa shape index (κ1) is 13.7. The van der Waals surface area contributed by atoms with Crippen molar-refractivity contribution in [3.05, 3.63) is 29.6 Å². The van der Waals surface area contributed by atoms with E-state index >= 15 is 0 Å². The van der Waals surface area contributed by atoms with Gasteiger partial charge < -0.3 is 4.90 Å². The molecule has 1 unspecified atom stereocenters. The molecule has 1 fully saturated rings. The van der Waals surface area contributed by atoms with Crippen LogP contribution in [0.3, 0.4) is 0 Å². The van der Waals surface area contributed by atoms with Crippen molar-refractivity contribution in [2.24, 2.45) is 5.92 Å². The van der Waals surface area contributed by atoms with Crippen molar-refractivity contribution in [1.29, 1.82) is 5.26 Å². The fourth-order valence-corrected chi connectivity index (χ4v) is 2.30. The molecule has 1 saturated heterocycles. The largest absolute Gasteiger partial charge is 0.393 e. The molecule has 0 aliphatic carbocycles. The topological polar surface area (TPSA) is 27.0 Å². The summed E-state index contributed by atoms with van der Waals surface area (Å²) in [6.07, 6.45) is -3.79. The van der Waals surface area contributed by atoms with E-state index in [4.69, 9.17) is 5.26 Å². The normalized spacial score (nSPS) is 20.2. The van der Waals surface area contributed by atoms with Gasteiger partial charge in [-0.05, 0) is 31.0 Å². The van der Waals surface area contributed by atoms with E-state index in [1.54, 1.807) is 6.07 Å². The number of rotatable bonds is 1. The van der Waals surface area contributed by atoms with Crippen LogP contribution in [0.2, 0.25) is 0 Å². The smallest absolute Gasteiger partial charge is 0.369 e. The van der Waals surface area contributed by atoms with Gasteiger partial charge in [0.15, 0.2) is 0 Å². The minimum absolute atomic E-state index is 0.0812. The number of anilines is 1. The van der Waals surface area contributed by atoms with E-state index < -0.39 is 17.9 Å². The fraction of sp³-hybridized carbons (Fsp3) is 0.462. The Balaban J connectivity index is 2.20. The van der Waals surface area contributed by atoms with Gasteiger partial charge in [-0.2, -0.15) is 18.4 Å². The number of piperidine rings is 1. The maximum Gasteiger partial charge on any atom is 0.393 e. The number of alkyl halides is 3. The van der Waals surface area contributed by atoms with Crippen molar-refractivity contribution in [3.8, 4) is 6.07 Å². The predicted molar refractivity (Wildman–Crippen MR) is 62.1 cm³/mol. The van der Waals surface area contributed by atoms with Gasteiger partial charge >= 0.3 is 6.18 Å². The standard InChI is InChI=1S/C13H12F4N2/c14-11-6-9(7-18)3-4-12(11)19-5-1-2-10(8-19)13(15,16)17/h3-4,6,10H,1-2,5,8H2. The Hall–Kier alpha value is -1.77. The zero-order valence-corrected chi connectivity index (χ0v) is 10.0. The van der Waals surface area contributed by atoms with Crippen LogP contribution in [0.4, 0.5) is 23.2 Å². The van der Waals surface area contributed by atoms with Gasteiger partial charge in [0.05, 0.1) is 23.2 Å². The van der Waals surface area contributed by atoms with Crippen LogP contribution in [0.1, 0.15) is 18.4 Å². The lowest BCUT2D eigenvalue weighted by atomic mass is 9.97. The summed E-state index contributed by atoms with van der Waals surface area (Å²) in [4.78, 5) is 1.40.